The van der Waals surface area contributed by atoms with E-state index in [-0.39, 0.29) is 18.0 Å². The minimum Gasteiger partial charge on any atom is -0.382 e. The quantitative estimate of drug-likeness (QED) is 0.840. The number of Topliss-reactive ketones (excluding diaryl/α,β-unsaturated/α-hetero) is 2. The molecule has 0 spiro atoms. The average molecular weight is 332 g/mol. The van der Waals surface area contributed by atoms with E-state index >= 15 is 0 Å². The van der Waals surface area contributed by atoms with Crippen LogP contribution in [0.2, 0.25) is 0 Å². The molecule has 24 heavy (non-hydrogen) atoms. The van der Waals surface area contributed by atoms with E-state index in [0.29, 0.717) is 12.8 Å². The molecule has 1 aliphatic carbocycles. The predicted molar refractivity (Wildman–Crippen MR) is 92.5 cm³/mol. The SMILES string of the molecule is CC(=O)[C@]1(O)CCCCC1[C@H](C)C(=O)[C@](C)(O)Cc1ccccc1. The van der Waals surface area contributed by atoms with Crippen molar-refractivity contribution < 1.29 is 19.8 Å². The number of hydrogen-bond donors (Lipinski definition) is 2. The lowest BCUT2D eigenvalue weighted by Gasteiger charge is -2.42. The van der Waals surface area contributed by atoms with Gasteiger partial charge in [-0.25, -0.2) is 0 Å². The minimum absolute atomic E-state index is 0.224. The molecule has 4 heteroatoms. The summed E-state index contributed by atoms with van der Waals surface area (Å²) in [6.07, 6.45) is 2.92. The summed E-state index contributed by atoms with van der Waals surface area (Å²) in [5.74, 6) is -1.59. The van der Waals surface area contributed by atoms with Gasteiger partial charge in [-0.3, -0.25) is 9.59 Å². The van der Waals surface area contributed by atoms with Gasteiger partial charge in [0, 0.05) is 18.3 Å². The topological polar surface area (TPSA) is 74.6 Å². The Morgan fingerprint density at radius 2 is 1.92 bits per heavy atom. The smallest absolute Gasteiger partial charge is 0.167 e. The third-order valence-electron chi connectivity index (χ3n) is 5.49. The highest BCUT2D eigenvalue weighted by Crippen LogP contribution is 2.40. The Labute approximate surface area is 143 Å². The van der Waals surface area contributed by atoms with Crippen molar-refractivity contribution >= 4 is 11.6 Å². The van der Waals surface area contributed by atoms with Crippen LogP contribution < -0.4 is 0 Å². The normalized spacial score (nSPS) is 28.0. The van der Waals surface area contributed by atoms with Crippen molar-refractivity contribution in [3.8, 4) is 0 Å². The lowest BCUT2D eigenvalue weighted by molar-refractivity contribution is -0.157. The van der Waals surface area contributed by atoms with E-state index in [1.807, 2.05) is 30.3 Å². The molecule has 132 valence electrons. The lowest BCUT2D eigenvalue weighted by Crippen LogP contribution is -2.53. The standard InChI is InChI=1S/C20H28O4/c1-14(17-11-7-8-12-20(17,24)15(2)21)18(22)19(3,23)13-16-9-5-4-6-10-16/h4-6,9-10,14,17,23-24H,7-8,11-13H2,1-3H3/t14-,17?,19+,20+/m0/s1. The number of rotatable bonds is 6. The Morgan fingerprint density at radius 1 is 1.29 bits per heavy atom. The first-order chi connectivity index (χ1) is 11.2. The molecular weight excluding hydrogens is 304 g/mol. The second kappa shape index (κ2) is 7.16. The fourth-order valence-corrected chi connectivity index (χ4v) is 4.04. The molecule has 0 amide bonds. The maximum atomic E-state index is 12.9. The summed E-state index contributed by atoms with van der Waals surface area (Å²) < 4.78 is 0. The largest absolute Gasteiger partial charge is 0.382 e. The van der Waals surface area contributed by atoms with Crippen LogP contribution in [0.5, 0.6) is 0 Å². The summed E-state index contributed by atoms with van der Waals surface area (Å²) in [4.78, 5) is 24.9. The fourth-order valence-electron chi connectivity index (χ4n) is 4.04. The molecule has 0 aliphatic heterocycles. The molecule has 1 fully saturated rings. The summed E-state index contributed by atoms with van der Waals surface area (Å²) in [7, 11) is 0. The highest BCUT2D eigenvalue weighted by Gasteiger charge is 2.49. The highest BCUT2D eigenvalue weighted by atomic mass is 16.3. The van der Waals surface area contributed by atoms with E-state index in [1.54, 1.807) is 6.92 Å². The molecule has 1 saturated carbocycles. The summed E-state index contributed by atoms with van der Waals surface area (Å²) >= 11 is 0. The number of hydrogen-bond acceptors (Lipinski definition) is 4. The number of ketones is 2. The third kappa shape index (κ3) is 3.76. The minimum atomic E-state index is -1.52. The van der Waals surface area contributed by atoms with Gasteiger partial charge in [-0.2, -0.15) is 0 Å². The van der Waals surface area contributed by atoms with Crippen LogP contribution in [0.25, 0.3) is 0 Å². The van der Waals surface area contributed by atoms with Crippen LogP contribution in [-0.2, 0) is 16.0 Å². The van der Waals surface area contributed by atoms with E-state index in [9.17, 15) is 19.8 Å². The maximum Gasteiger partial charge on any atom is 0.167 e. The molecule has 2 rings (SSSR count). The van der Waals surface area contributed by atoms with E-state index in [0.717, 1.165) is 18.4 Å². The second-order valence-corrected chi connectivity index (χ2v) is 7.42. The Bertz CT molecular complexity index is 593. The molecule has 4 nitrogen and oxygen atoms in total. The first-order valence-corrected chi connectivity index (χ1v) is 8.72. The number of aliphatic hydroxyl groups is 2. The molecule has 4 atom stereocenters. The monoisotopic (exact) mass is 332 g/mol. The summed E-state index contributed by atoms with van der Waals surface area (Å²) in [6, 6.07) is 9.37. The van der Waals surface area contributed by atoms with Gasteiger partial charge in [0.25, 0.3) is 0 Å². The van der Waals surface area contributed by atoms with E-state index in [1.165, 1.54) is 13.8 Å². The van der Waals surface area contributed by atoms with Crippen LogP contribution in [0.3, 0.4) is 0 Å². The van der Waals surface area contributed by atoms with Crippen molar-refractivity contribution in [1.82, 2.24) is 0 Å². The van der Waals surface area contributed by atoms with Gasteiger partial charge >= 0.3 is 0 Å². The van der Waals surface area contributed by atoms with Crippen LogP contribution in [-0.4, -0.2) is 33.0 Å². The second-order valence-electron chi connectivity index (χ2n) is 7.42. The maximum absolute atomic E-state index is 12.9. The van der Waals surface area contributed by atoms with E-state index in [2.05, 4.69) is 0 Å². The first-order valence-electron chi connectivity index (χ1n) is 8.72. The number of carbonyl (C=O) groups is 2. The van der Waals surface area contributed by atoms with Crippen LogP contribution >= 0.6 is 0 Å². The van der Waals surface area contributed by atoms with Crippen LogP contribution in [0, 0.1) is 11.8 Å². The van der Waals surface area contributed by atoms with Crippen molar-refractivity contribution in [1.29, 1.82) is 0 Å². The highest BCUT2D eigenvalue weighted by molar-refractivity contribution is 5.91. The van der Waals surface area contributed by atoms with Gasteiger partial charge in [0.1, 0.15) is 11.2 Å². The zero-order valence-electron chi connectivity index (χ0n) is 14.8. The van der Waals surface area contributed by atoms with E-state index < -0.39 is 23.0 Å². The molecule has 0 bridgehead atoms. The van der Waals surface area contributed by atoms with Crippen molar-refractivity contribution in [3.05, 3.63) is 35.9 Å². The predicted octanol–water partition coefficient (Wildman–Crippen LogP) is 2.70. The molecule has 1 aliphatic rings. The molecule has 0 saturated heterocycles. The zero-order chi connectivity index (χ0) is 18.0. The molecule has 1 aromatic rings. The summed E-state index contributed by atoms with van der Waals surface area (Å²) in [6.45, 7) is 4.64. The Balaban J connectivity index is 2.19. The Hall–Kier alpha value is -1.52. The van der Waals surface area contributed by atoms with E-state index in [4.69, 9.17) is 0 Å². The van der Waals surface area contributed by atoms with Gasteiger partial charge in [-0.05, 0) is 32.3 Å². The van der Waals surface area contributed by atoms with Gasteiger partial charge < -0.3 is 10.2 Å². The number of carbonyl (C=O) groups excluding carboxylic acids is 2. The summed E-state index contributed by atoms with van der Waals surface area (Å²) in [5.41, 5.74) is -2.08. The van der Waals surface area contributed by atoms with Crippen LogP contribution in [0.15, 0.2) is 30.3 Å². The lowest BCUT2D eigenvalue weighted by atomic mass is 9.65. The average Bonchev–Trinajstić information content (AvgIpc) is 2.54. The Morgan fingerprint density at radius 3 is 2.50 bits per heavy atom. The van der Waals surface area contributed by atoms with Gasteiger partial charge in [-0.15, -0.1) is 0 Å². The van der Waals surface area contributed by atoms with Crippen molar-refractivity contribution in [2.24, 2.45) is 11.8 Å². The molecule has 1 unspecified atom stereocenters. The fraction of sp³-hybridized carbons (Fsp3) is 0.600. The van der Waals surface area contributed by atoms with Gasteiger partial charge in [0.05, 0.1) is 0 Å². The molecule has 2 N–H and O–H groups in total. The summed E-state index contributed by atoms with van der Waals surface area (Å²) in [5, 5.41) is 21.5. The first kappa shape index (κ1) is 18.8. The molecular formula is C20H28O4. The van der Waals surface area contributed by atoms with Crippen molar-refractivity contribution in [3.63, 3.8) is 0 Å². The number of benzene rings is 1. The molecule has 0 heterocycles. The van der Waals surface area contributed by atoms with Crippen molar-refractivity contribution in [2.75, 3.05) is 0 Å². The zero-order valence-corrected chi connectivity index (χ0v) is 14.8. The Kier molecular flexibility index (Phi) is 5.61. The van der Waals surface area contributed by atoms with Crippen LogP contribution in [0.1, 0.15) is 52.0 Å². The van der Waals surface area contributed by atoms with Crippen molar-refractivity contribution in [2.45, 2.75) is 64.1 Å². The third-order valence-corrected chi connectivity index (χ3v) is 5.49. The molecule has 0 aromatic heterocycles. The molecule has 1 aromatic carbocycles. The van der Waals surface area contributed by atoms with Gasteiger partial charge in [-0.1, -0.05) is 50.1 Å². The molecule has 0 radical (unpaired) electrons. The van der Waals surface area contributed by atoms with Crippen LogP contribution in [0.4, 0.5) is 0 Å². The van der Waals surface area contributed by atoms with Gasteiger partial charge in [0.2, 0.25) is 0 Å². The van der Waals surface area contributed by atoms with Gasteiger partial charge in [0.15, 0.2) is 11.6 Å².